The Balaban J connectivity index is 1.77. The number of ether oxygens (including phenoxy) is 2. The Bertz CT molecular complexity index is 998. The van der Waals surface area contributed by atoms with E-state index in [1.807, 2.05) is 12.1 Å². The Morgan fingerprint density at radius 3 is 2.62 bits per heavy atom. The molecule has 0 fully saturated rings. The lowest BCUT2D eigenvalue weighted by atomic mass is 10.2. The molecule has 0 atom stereocenters. The first-order valence-electron chi connectivity index (χ1n) is 7.46. The number of rotatable bonds is 5. The van der Waals surface area contributed by atoms with Gasteiger partial charge in [-0.2, -0.15) is 5.10 Å². The van der Waals surface area contributed by atoms with Crippen molar-refractivity contribution < 1.29 is 18.7 Å². The molecule has 1 heterocycles. The van der Waals surface area contributed by atoms with E-state index in [-0.39, 0.29) is 5.76 Å². The Morgan fingerprint density at radius 1 is 1.12 bits per heavy atom. The van der Waals surface area contributed by atoms with Gasteiger partial charge in [0.1, 0.15) is 17.1 Å². The molecule has 1 amide bonds. The molecule has 2 aromatic carbocycles. The summed E-state index contributed by atoms with van der Waals surface area (Å²) in [7, 11) is 3.12. The van der Waals surface area contributed by atoms with Gasteiger partial charge in [-0.3, -0.25) is 4.79 Å². The van der Waals surface area contributed by atoms with Crippen LogP contribution in [-0.2, 0) is 0 Å². The molecule has 0 unspecified atom stereocenters. The number of carbonyl (C=O) groups excluding carboxylic acids is 1. The predicted octanol–water partition coefficient (Wildman–Crippen LogP) is 4.74. The second-order valence-electron chi connectivity index (χ2n) is 5.22. The molecular weight excluding hydrogens is 468 g/mol. The summed E-state index contributed by atoms with van der Waals surface area (Å²) in [6.07, 6.45) is 1.49. The molecular formula is C18H14Br2N2O4. The minimum absolute atomic E-state index is 0.179. The van der Waals surface area contributed by atoms with Crippen LogP contribution in [0.15, 0.2) is 54.9 Å². The summed E-state index contributed by atoms with van der Waals surface area (Å²) >= 11 is 6.79. The van der Waals surface area contributed by atoms with Crippen molar-refractivity contribution in [3.63, 3.8) is 0 Å². The largest absolute Gasteiger partial charge is 0.496 e. The summed E-state index contributed by atoms with van der Waals surface area (Å²) in [5, 5.41) is 4.80. The van der Waals surface area contributed by atoms with Gasteiger partial charge in [-0.05, 0) is 46.3 Å². The van der Waals surface area contributed by atoms with Crippen LogP contribution in [0.2, 0.25) is 0 Å². The molecule has 0 aliphatic heterocycles. The van der Waals surface area contributed by atoms with Crippen LogP contribution in [0.25, 0.3) is 11.0 Å². The molecule has 6 nitrogen and oxygen atoms in total. The lowest BCUT2D eigenvalue weighted by Crippen LogP contribution is -2.16. The molecule has 134 valence electrons. The zero-order valence-electron chi connectivity index (χ0n) is 13.9. The second-order valence-corrected chi connectivity index (χ2v) is 6.99. The average molecular weight is 482 g/mol. The SMILES string of the molecule is COc1cc(OC)c(/C=N/NC(=O)c2cc3cc(Br)ccc3o2)cc1Br. The van der Waals surface area contributed by atoms with E-state index in [0.29, 0.717) is 22.6 Å². The van der Waals surface area contributed by atoms with Crippen LogP contribution in [-0.4, -0.2) is 26.3 Å². The van der Waals surface area contributed by atoms with Crippen LogP contribution in [0.4, 0.5) is 0 Å². The van der Waals surface area contributed by atoms with E-state index < -0.39 is 5.91 Å². The highest BCUT2D eigenvalue weighted by Crippen LogP contribution is 2.32. The van der Waals surface area contributed by atoms with Crippen LogP contribution in [0, 0.1) is 0 Å². The van der Waals surface area contributed by atoms with E-state index in [2.05, 4.69) is 42.4 Å². The number of carbonyl (C=O) groups is 1. The minimum atomic E-state index is -0.444. The van der Waals surface area contributed by atoms with Crippen molar-refractivity contribution >= 4 is 55.0 Å². The van der Waals surface area contributed by atoms with Gasteiger partial charge in [0.2, 0.25) is 0 Å². The molecule has 0 saturated heterocycles. The number of hydrazone groups is 1. The van der Waals surface area contributed by atoms with Crippen LogP contribution >= 0.6 is 31.9 Å². The monoisotopic (exact) mass is 480 g/mol. The zero-order valence-corrected chi connectivity index (χ0v) is 17.0. The van der Waals surface area contributed by atoms with E-state index in [4.69, 9.17) is 13.9 Å². The first-order chi connectivity index (χ1) is 12.5. The molecule has 0 aliphatic rings. The Morgan fingerprint density at radius 2 is 1.88 bits per heavy atom. The number of nitrogens with one attached hydrogen (secondary N) is 1. The van der Waals surface area contributed by atoms with Crippen molar-refractivity contribution in [3.05, 3.63) is 56.7 Å². The Hall–Kier alpha value is -2.32. The van der Waals surface area contributed by atoms with Gasteiger partial charge in [-0.1, -0.05) is 15.9 Å². The van der Waals surface area contributed by atoms with Crippen molar-refractivity contribution in [2.24, 2.45) is 5.10 Å². The van der Waals surface area contributed by atoms with E-state index in [9.17, 15) is 4.79 Å². The van der Waals surface area contributed by atoms with Gasteiger partial charge in [0.05, 0.1) is 24.9 Å². The first kappa shape index (κ1) is 18.5. The number of hydrogen-bond donors (Lipinski definition) is 1. The molecule has 0 bridgehead atoms. The maximum absolute atomic E-state index is 12.2. The van der Waals surface area contributed by atoms with Crippen LogP contribution in [0.1, 0.15) is 16.1 Å². The van der Waals surface area contributed by atoms with Crippen molar-refractivity contribution in [1.82, 2.24) is 5.43 Å². The molecule has 3 aromatic rings. The van der Waals surface area contributed by atoms with Gasteiger partial charge in [0.15, 0.2) is 5.76 Å². The predicted molar refractivity (Wildman–Crippen MR) is 106 cm³/mol. The number of benzene rings is 2. The van der Waals surface area contributed by atoms with Crippen molar-refractivity contribution in [1.29, 1.82) is 0 Å². The standard InChI is InChI=1S/C18H14Br2N2O4/c1-24-15-8-16(25-2)13(20)6-11(15)9-21-22-18(23)17-7-10-5-12(19)3-4-14(10)26-17/h3-9H,1-2H3,(H,22,23)/b21-9+. The highest BCUT2D eigenvalue weighted by molar-refractivity contribution is 9.10. The fraction of sp³-hybridized carbons (Fsp3) is 0.111. The van der Waals surface area contributed by atoms with E-state index in [1.165, 1.54) is 6.21 Å². The number of furan rings is 1. The van der Waals surface area contributed by atoms with E-state index >= 15 is 0 Å². The number of methoxy groups -OCH3 is 2. The molecule has 1 N–H and O–H groups in total. The smallest absolute Gasteiger partial charge is 0.307 e. The normalized spacial score (nSPS) is 11.1. The van der Waals surface area contributed by atoms with Gasteiger partial charge in [0.25, 0.3) is 0 Å². The summed E-state index contributed by atoms with van der Waals surface area (Å²) in [5.41, 5.74) is 3.75. The van der Waals surface area contributed by atoms with Gasteiger partial charge < -0.3 is 13.9 Å². The Kier molecular flexibility index (Phi) is 5.63. The molecule has 0 saturated carbocycles. The molecule has 1 aromatic heterocycles. The minimum Gasteiger partial charge on any atom is -0.496 e. The summed E-state index contributed by atoms with van der Waals surface area (Å²) in [6.45, 7) is 0. The van der Waals surface area contributed by atoms with E-state index in [1.54, 1.807) is 38.5 Å². The molecule has 0 radical (unpaired) electrons. The third-order valence-electron chi connectivity index (χ3n) is 3.58. The lowest BCUT2D eigenvalue weighted by Gasteiger charge is -2.09. The van der Waals surface area contributed by atoms with Gasteiger partial charge >= 0.3 is 5.91 Å². The maximum atomic E-state index is 12.2. The van der Waals surface area contributed by atoms with Gasteiger partial charge in [-0.15, -0.1) is 0 Å². The number of amides is 1. The topological polar surface area (TPSA) is 73.1 Å². The molecule has 26 heavy (non-hydrogen) atoms. The van der Waals surface area contributed by atoms with E-state index in [0.717, 1.165) is 14.3 Å². The highest BCUT2D eigenvalue weighted by Gasteiger charge is 2.12. The number of fused-ring (bicyclic) bond motifs is 1. The fourth-order valence-electron chi connectivity index (χ4n) is 2.33. The zero-order chi connectivity index (χ0) is 18.7. The molecule has 8 heteroatoms. The van der Waals surface area contributed by atoms with Crippen LogP contribution < -0.4 is 14.9 Å². The maximum Gasteiger partial charge on any atom is 0.307 e. The first-order valence-corrected chi connectivity index (χ1v) is 9.04. The summed E-state index contributed by atoms with van der Waals surface area (Å²) in [6, 6.07) is 10.7. The molecule has 0 aliphatic carbocycles. The highest BCUT2D eigenvalue weighted by atomic mass is 79.9. The van der Waals surface area contributed by atoms with Crippen LogP contribution in [0.3, 0.4) is 0 Å². The molecule has 3 rings (SSSR count). The fourth-order valence-corrected chi connectivity index (χ4v) is 3.23. The summed E-state index contributed by atoms with van der Waals surface area (Å²) in [5.74, 6) is 0.936. The number of hydrogen-bond acceptors (Lipinski definition) is 5. The second kappa shape index (κ2) is 7.92. The summed E-state index contributed by atoms with van der Waals surface area (Å²) < 4.78 is 17.7. The van der Waals surface area contributed by atoms with Gasteiger partial charge in [0, 0.05) is 21.5 Å². The molecule has 0 spiro atoms. The Labute approximate surface area is 166 Å². The lowest BCUT2D eigenvalue weighted by molar-refractivity contribution is 0.0929. The third-order valence-corrected chi connectivity index (χ3v) is 4.69. The van der Waals surface area contributed by atoms with Crippen molar-refractivity contribution in [2.45, 2.75) is 0 Å². The van der Waals surface area contributed by atoms with Crippen LogP contribution in [0.5, 0.6) is 11.5 Å². The van der Waals surface area contributed by atoms with Gasteiger partial charge in [-0.25, -0.2) is 5.43 Å². The number of halogens is 2. The summed E-state index contributed by atoms with van der Waals surface area (Å²) in [4.78, 5) is 12.2. The van der Waals surface area contributed by atoms with Crippen molar-refractivity contribution in [2.75, 3.05) is 14.2 Å². The van der Waals surface area contributed by atoms with Crippen molar-refractivity contribution in [3.8, 4) is 11.5 Å². The average Bonchev–Trinajstić information content (AvgIpc) is 3.05. The quantitative estimate of drug-likeness (QED) is 0.422. The third kappa shape index (κ3) is 3.91. The number of nitrogens with zero attached hydrogens (tertiary/aromatic N) is 1.